The predicted molar refractivity (Wildman–Crippen MR) is 119 cm³/mol. The summed E-state index contributed by atoms with van der Waals surface area (Å²) in [7, 11) is 0. The number of aryl methyl sites for hydroxylation is 1. The third kappa shape index (κ3) is 5.28. The fraction of sp³-hybridized carbons (Fsp3) is 0.348. The third-order valence-corrected chi connectivity index (χ3v) is 5.78. The zero-order chi connectivity index (χ0) is 22.3. The van der Waals surface area contributed by atoms with Gasteiger partial charge < -0.3 is 23.5 Å². The maximum atomic E-state index is 12.5. The third-order valence-electron chi connectivity index (χ3n) is 4.74. The first-order valence-electron chi connectivity index (χ1n) is 10.5. The number of nitrogens with zero attached hydrogens (tertiary/aromatic N) is 2. The SMILES string of the molecule is CCOC(=O)CCn1c(=NC(=O)CCOc2ccccc2)sc2cc3c(cc21)OCCO3. The standard InChI is InChI=1S/C23H24N2O6S/c1-2-28-22(27)8-10-25-17-14-18-19(31-13-12-30-18)15-20(17)32-23(25)24-21(26)9-11-29-16-6-4-3-5-7-16/h3-7,14-15H,2,8-13H2,1H3. The van der Waals surface area contributed by atoms with Crippen LogP contribution in [0.25, 0.3) is 10.2 Å². The van der Waals surface area contributed by atoms with Crippen LogP contribution in [-0.4, -0.2) is 42.9 Å². The van der Waals surface area contributed by atoms with Gasteiger partial charge in [0, 0.05) is 18.7 Å². The first-order valence-corrected chi connectivity index (χ1v) is 11.3. The van der Waals surface area contributed by atoms with Crippen LogP contribution >= 0.6 is 11.3 Å². The zero-order valence-corrected chi connectivity index (χ0v) is 18.6. The van der Waals surface area contributed by atoms with Crippen LogP contribution in [0.5, 0.6) is 17.2 Å². The molecule has 168 valence electrons. The van der Waals surface area contributed by atoms with Crippen molar-refractivity contribution in [2.24, 2.45) is 4.99 Å². The monoisotopic (exact) mass is 456 g/mol. The number of benzene rings is 2. The van der Waals surface area contributed by atoms with Crippen molar-refractivity contribution in [1.82, 2.24) is 4.57 Å². The summed E-state index contributed by atoms with van der Waals surface area (Å²) in [6, 6.07) is 13.1. The Hall–Kier alpha value is -3.33. The second-order valence-electron chi connectivity index (χ2n) is 6.97. The molecule has 1 aliphatic heterocycles. The van der Waals surface area contributed by atoms with Crippen LogP contribution in [0.3, 0.4) is 0 Å². The number of hydrogen-bond donors (Lipinski definition) is 0. The molecule has 32 heavy (non-hydrogen) atoms. The van der Waals surface area contributed by atoms with Gasteiger partial charge >= 0.3 is 5.97 Å². The molecule has 0 atom stereocenters. The Labute approximate surface area is 189 Å². The van der Waals surface area contributed by atoms with Crippen LogP contribution in [0.4, 0.5) is 0 Å². The Morgan fingerprint density at radius 2 is 1.84 bits per heavy atom. The molecule has 0 saturated heterocycles. The quantitative estimate of drug-likeness (QED) is 0.483. The van der Waals surface area contributed by atoms with Crippen molar-refractivity contribution in [1.29, 1.82) is 0 Å². The van der Waals surface area contributed by atoms with Gasteiger partial charge in [-0.05, 0) is 19.1 Å². The van der Waals surface area contributed by atoms with E-state index in [-0.39, 0.29) is 31.3 Å². The highest BCUT2D eigenvalue weighted by atomic mass is 32.1. The largest absolute Gasteiger partial charge is 0.493 e. The molecule has 2 heterocycles. The molecule has 0 fully saturated rings. The number of ether oxygens (including phenoxy) is 4. The van der Waals surface area contributed by atoms with Crippen molar-refractivity contribution in [2.75, 3.05) is 26.4 Å². The first kappa shape index (κ1) is 21.9. The smallest absolute Gasteiger partial charge is 0.307 e. The van der Waals surface area contributed by atoms with Gasteiger partial charge in [-0.2, -0.15) is 4.99 Å². The number of rotatable bonds is 8. The molecular formula is C23H24N2O6S. The van der Waals surface area contributed by atoms with E-state index in [1.807, 2.05) is 47.0 Å². The van der Waals surface area contributed by atoms with Crippen LogP contribution < -0.4 is 19.0 Å². The molecule has 2 aromatic carbocycles. The number of para-hydroxylation sites is 1. The summed E-state index contributed by atoms with van der Waals surface area (Å²) in [5.41, 5.74) is 0.829. The van der Waals surface area contributed by atoms with E-state index in [1.165, 1.54) is 11.3 Å². The molecule has 0 unspecified atom stereocenters. The van der Waals surface area contributed by atoms with E-state index in [1.54, 1.807) is 6.92 Å². The maximum Gasteiger partial charge on any atom is 0.307 e. The molecular weight excluding hydrogens is 432 g/mol. The van der Waals surface area contributed by atoms with Gasteiger partial charge in [0.15, 0.2) is 16.3 Å². The molecule has 0 bridgehead atoms. The topological polar surface area (TPSA) is 88.4 Å². The number of hydrogen-bond acceptors (Lipinski definition) is 7. The van der Waals surface area contributed by atoms with Crippen molar-refractivity contribution in [2.45, 2.75) is 26.3 Å². The number of aromatic nitrogens is 1. The van der Waals surface area contributed by atoms with Gasteiger partial charge in [-0.3, -0.25) is 9.59 Å². The van der Waals surface area contributed by atoms with Gasteiger partial charge in [0.05, 0.1) is 36.3 Å². The normalized spacial score (nSPS) is 13.2. The van der Waals surface area contributed by atoms with Gasteiger partial charge in [-0.15, -0.1) is 0 Å². The van der Waals surface area contributed by atoms with Gasteiger partial charge in [0.1, 0.15) is 19.0 Å². The van der Waals surface area contributed by atoms with E-state index < -0.39 is 0 Å². The minimum Gasteiger partial charge on any atom is -0.493 e. The average molecular weight is 457 g/mol. The lowest BCUT2D eigenvalue weighted by Crippen LogP contribution is -2.20. The summed E-state index contributed by atoms with van der Waals surface area (Å²) in [5, 5.41) is 0. The number of esters is 1. The minimum absolute atomic E-state index is 0.143. The summed E-state index contributed by atoms with van der Waals surface area (Å²) < 4.78 is 24.8. The predicted octanol–water partition coefficient (Wildman–Crippen LogP) is 3.32. The highest BCUT2D eigenvalue weighted by Crippen LogP contribution is 2.35. The lowest BCUT2D eigenvalue weighted by Gasteiger charge is -2.18. The van der Waals surface area contributed by atoms with Gasteiger partial charge in [-0.1, -0.05) is 29.5 Å². The maximum absolute atomic E-state index is 12.5. The van der Waals surface area contributed by atoms with Crippen molar-refractivity contribution in [3.05, 3.63) is 47.3 Å². The van der Waals surface area contributed by atoms with Crippen LogP contribution in [0.15, 0.2) is 47.5 Å². The zero-order valence-electron chi connectivity index (χ0n) is 17.7. The number of carbonyl (C=O) groups excluding carboxylic acids is 2. The van der Waals surface area contributed by atoms with Crippen molar-refractivity contribution < 1.29 is 28.5 Å². The molecule has 0 aliphatic carbocycles. The van der Waals surface area contributed by atoms with Crippen LogP contribution in [-0.2, 0) is 20.9 Å². The van der Waals surface area contributed by atoms with E-state index in [2.05, 4.69) is 4.99 Å². The molecule has 3 aromatic rings. The number of fused-ring (bicyclic) bond motifs is 2. The van der Waals surface area contributed by atoms with Crippen molar-refractivity contribution in [3.63, 3.8) is 0 Å². The van der Waals surface area contributed by atoms with Crippen LogP contribution in [0.1, 0.15) is 19.8 Å². The molecule has 4 rings (SSSR count). The summed E-state index contributed by atoms with van der Waals surface area (Å²) >= 11 is 1.37. The Balaban J connectivity index is 1.58. The lowest BCUT2D eigenvalue weighted by atomic mass is 10.2. The molecule has 0 spiro atoms. The Bertz CT molecular complexity index is 1170. The molecule has 0 N–H and O–H groups in total. The number of carbonyl (C=O) groups is 2. The summed E-state index contributed by atoms with van der Waals surface area (Å²) in [5.74, 6) is 1.41. The van der Waals surface area contributed by atoms with E-state index in [4.69, 9.17) is 18.9 Å². The lowest BCUT2D eigenvalue weighted by molar-refractivity contribution is -0.143. The molecule has 0 radical (unpaired) electrons. The molecule has 1 amide bonds. The highest BCUT2D eigenvalue weighted by molar-refractivity contribution is 7.16. The summed E-state index contributed by atoms with van der Waals surface area (Å²) in [6.07, 6.45) is 0.316. The fourth-order valence-corrected chi connectivity index (χ4v) is 4.36. The molecule has 8 nitrogen and oxygen atoms in total. The van der Waals surface area contributed by atoms with Crippen molar-refractivity contribution >= 4 is 33.4 Å². The number of thiazole rings is 1. The first-order chi connectivity index (χ1) is 15.6. The fourth-order valence-electron chi connectivity index (χ4n) is 3.28. The van der Waals surface area contributed by atoms with Gasteiger partial charge in [0.25, 0.3) is 5.91 Å². The van der Waals surface area contributed by atoms with E-state index >= 15 is 0 Å². The van der Waals surface area contributed by atoms with E-state index in [0.29, 0.717) is 48.4 Å². The Morgan fingerprint density at radius 1 is 1.09 bits per heavy atom. The van der Waals surface area contributed by atoms with Gasteiger partial charge in [-0.25, -0.2) is 0 Å². The van der Waals surface area contributed by atoms with Crippen molar-refractivity contribution in [3.8, 4) is 17.2 Å². The highest BCUT2D eigenvalue weighted by Gasteiger charge is 2.17. The molecule has 0 saturated carbocycles. The van der Waals surface area contributed by atoms with E-state index in [9.17, 15) is 9.59 Å². The summed E-state index contributed by atoms with van der Waals surface area (Å²) in [4.78, 5) is 29.3. The Morgan fingerprint density at radius 3 is 2.59 bits per heavy atom. The molecule has 9 heteroatoms. The molecule has 1 aromatic heterocycles. The second kappa shape index (κ2) is 10.3. The average Bonchev–Trinajstić information content (AvgIpc) is 3.12. The van der Waals surface area contributed by atoms with Gasteiger partial charge in [0.2, 0.25) is 0 Å². The Kier molecular flexibility index (Phi) is 7.06. The van der Waals surface area contributed by atoms with Crippen LogP contribution in [0, 0.1) is 0 Å². The number of amides is 1. The second-order valence-corrected chi connectivity index (χ2v) is 7.98. The van der Waals surface area contributed by atoms with E-state index in [0.717, 1.165) is 10.2 Å². The van der Waals surface area contributed by atoms with Crippen LogP contribution in [0.2, 0.25) is 0 Å². The summed E-state index contributed by atoms with van der Waals surface area (Å²) in [6.45, 7) is 3.63. The molecule has 1 aliphatic rings. The minimum atomic E-state index is -0.301.